The van der Waals surface area contributed by atoms with Crippen LogP contribution >= 0.6 is 0 Å². The van der Waals surface area contributed by atoms with Gasteiger partial charge in [0.2, 0.25) is 5.91 Å². The van der Waals surface area contributed by atoms with E-state index < -0.39 is 21.8 Å². The Morgan fingerprint density at radius 3 is 2.16 bits per heavy atom. The van der Waals surface area contributed by atoms with Gasteiger partial charge in [0.1, 0.15) is 0 Å². The lowest BCUT2D eigenvalue weighted by Crippen LogP contribution is -2.50. The third-order valence-electron chi connectivity index (χ3n) is 4.85. The number of nitrogens with zero attached hydrogens (tertiary/aromatic N) is 2. The van der Waals surface area contributed by atoms with Crippen molar-refractivity contribution in [2.45, 2.75) is 18.0 Å². The second-order valence-electron chi connectivity index (χ2n) is 7.01. The molecule has 0 atom stereocenters. The predicted octanol–water partition coefficient (Wildman–Crippen LogP) is 2.81. The van der Waals surface area contributed by atoms with Crippen LogP contribution in [0.15, 0.2) is 53.4 Å². The van der Waals surface area contributed by atoms with E-state index in [4.69, 9.17) is 0 Å². The van der Waals surface area contributed by atoms with Crippen molar-refractivity contribution >= 4 is 27.5 Å². The van der Waals surface area contributed by atoms with Crippen LogP contribution in [0.25, 0.3) is 0 Å². The molecule has 31 heavy (non-hydrogen) atoms. The Bertz CT molecular complexity index is 1090. The van der Waals surface area contributed by atoms with E-state index in [2.05, 4.69) is 4.72 Å². The van der Waals surface area contributed by atoms with Crippen LogP contribution in [-0.4, -0.2) is 56.2 Å². The molecule has 0 aliphatic carbocycles. The number of halogens is 3. The van der Waals surface area contributed by atoms with E-state index in [0.717, 1.165) is 12.1 Å². The molecule has 2 amide bonds. The zero-order valence-corrected chi connectivity index (χ0v) is 17.3. The summed E-state index contributed by atoms with van der Waals surface area (Å²) in [6.07, 6.45) is -4.61. The molecule has 0 spiro atoms. The van der Waals surface area contributed by atoms with Crippen LogP contribution in [0.4, 0.5) is 18.9 Å². The number of piperazine rings is 1. The van der Waals surface area contributed by atoms with Crippen LogP contribution in [0.3, 0.4) is 0 Å². The number of alkyl halides is 3. The van der Waals surface area contributed by atoms with Crippen LogP contribution < -0.4 is 4.72 Å². The Hall–Kier alpha value is -3.08. The summed E-state index contributed by atoms with van der Waals surface area (Å²) >= 11 is 0. The molecule has 1 fully saturated rings. The van der Waals surface area contributed by atoms with Crippen LogP contribution in [0.2, 0.25) is 0 Å². The average Bonchev–Trinajstić information content (AvgIpc) is 2.72. The standard InChI is InChI=1S/C20H20F3N3O4S/c1-14(27)25-8-10-26(11-9-25)19(28)15-4-2-7-18(12-15)31(29,30)24-17-6-3-5-16(13-17)20(21,22)23/h2-7,12-13,24H,8-11H2,1H3. The van der Waals surface area contributed by atoms with Gasteiger partial charge in [-0.05, 0) is 36.4 Å². The summed E-state index contributed by atoms with van der Waals surface area (Å²) < 4.78 is 66.1. The van der Waals surface area contributed by atoms with Crippen LogP contribution in [0.5, 0.6) is 0 Å². The van der Waals surface area contributed by atoms with Crippen molar-refractivity contribution in [3.8, 4) is 0 Å². The highest BCUT2D eigenvalue weighted by Crippen LogP contribution is 2.31. The zero-order valence-electron chi connectivity index (χ0n) is 16.5. The molecule has 0 aromatic heterocycles. The minimum absolute atomic E-state index is 0.0825. The lowest BCUT2D eigenvalue weighted by atomic mass is 10.2. The number of rotatable bonds is 4. The Balaban J connectivity index is 1.78. The Morgan fingerprint density at radius 1 is 0.935 bits per heavy atom. The highest BCUT2D eigenvalue weighted by atomic mass is 32.2. The van der Waals surface area contributed by atoms with E-state index in [-0.39, 0.29) is 28.0 Å². The van der Waals surface area contributed by atoms with Crippen LogP contribution in [0, 0.1) is 0 Å². The SMILES string of the molecule is CC(=O)N1CCN(C(=O)c2cccc(S(=O)(=O)Nc3cccc(C(F)(F)F)c3)c2)CC1. The van der Waals surface area contributed by atoms with E-state index in [1.165, 1.54) is 42.2 Å². The summed E-state index contributed by atoms with van der Waals surface area (Å²) in [4.78, 5) is 27.0. The lowest BCUT2D eigenvalue weighted by molar-refractivity contribution is -0.137. The van der Waals surface area contributed by atoms with E-state index in [1.54, 1.807) is 4.90 Å². The molecular weight excluding hydrogens is 435 g/mol. The number of carbonyl (C=O) groups excluding carboxylic acids is 2. The van der Waals surface area contributed by atoms with Gasteiger partial charge in [-0.25, -0.2) is 8.42 Å². The largest absolute Gasteiger partial charge is 0.416 e. The number of sulfonamides is 1. The molecule has 166 valence electrons. The summed E-state index contributed by atoms with van der Waals surface area (Å²) in [6, 6.07) is 9.11. The van der Waals surface area contributed by atoms with Gasteiger partial charge in [0.15, 0.2) is 0 Å². The summed E-state index contributed by atoms with van der Waals surface area (Å²) in [7, 11) is -4.22. The number of anilines is 1. The normalized spacial score (nSPS) is 15.0. The number of benzene rings is 2. The van der Waals surface area contributed by atoms with E-state index in [1.807, 2.05) is 0 Å². The molecule has 0 saturated carbocycles. The Kier molecular flexibility index (Phi) is 6.25. The predicted molar refractivity (Wildman–Crippen MR) is 107 cm³/mol. The molecule has 1 N–H and O–H groups in total. The third kappa shape index (κ3) is 5.35. The number of amides is 2. The maximum atomic E-state index is 12.9. The monoisotopic (exact) mass is 455 g/mol. The first-order valence-electron chi connectivity index (χ1n) is 9.32. The Morgan fingerprint density at radius 2 is 1.55 bits per heavy atom. The molecular formula is C20H20F3N3O4S. The van der Waals surface area contributed by atoms with Gasteiger partial charge in [-0.2, -0.15) is 13.2 Å². The zero-order chi connectivity index (χ0) is 22.8. The van der Waals surface area contributed by atoms with Gasteiger partial charge in [-0.1, -0.05) is 12.1 Å². The fourth-order valence-corrected chi connectivity index (χ4v) is 4.27. The van der Waals surface area contributed by atoms with Crippen molar-refractivity contribution in [2.24, 2.45) is 0 Å². The molecule has 1 heterocycles. The van der Waals surface area contributed by atoms with Gasteiger partial charge in [-0.3, -0.25) is 14.3 Å². The quantitative estimate of drug-likeness (QED) is 0.768. The van der Waals surface area contributed by atoms with Crippen molar-refractivity contribution in [2.75, 3.05) is 30.9 Å². The van der Waals surface area contributed by atoms with Crippen molar-refractivity contribution in [3.63, 3.8) is 0 Å². The topological polar surface area (TPSA) is 86.8 Å². The summed E-state index contributed by atoms with van der Waals surface area (Å²) in [6.45, 7) is 2.85. The molecule has 3 rings (SSSR count). The van der Waals surface area contributed by atoms with Crippen LogP contribution in [-0.2, 0) is 21.0 Å². The molecule has 0 radical (unpaired) electrons. The summed E-state index contributed by atoms with van der Waals surface area (Å²) in [5, 5.41) is 0. The minimum atomic E-state index is -4.61. The number of nitrogens with one attached hydrogen (secondary N) is 1. The summed E-state index contributed by atoms with van der Waals surface area (Å²) in [5.41, 5.74) is -1.10. The maximum Gasteiger partial charge on any atom is 0.416 e. The molecule has 1 aliphatic heterocycles. The molecule has 2 aromatic rings. The fourth-order valence-electron chi connectivity index (χ4n) is 3.18. The van der Waals surface area contributed by atoms with Crippen molar-refractivity contribution in [1.82, 2.24) is 9.80 Å². The highest BCUT2D eigenvalue weighted by Gasteiger charge is 2.31. The maximum absolute atomic E-state index is 12.9. The van der Waals surface area contributed by atoms with Crippen molar-refractivity contribution < 1.29 is 31.2 Å². The Labute approximate surface area is 177 Å². The van der Waals surface area contributed by atoms with Crippen molar-refractivity contribution in [1.29, 1.82) is 0 Å². The van der Waals surface area contributed by atoms with Gasteiger partial charge in [0, 0.05) is 44.4 Å². The first kappa shape index (κ1) is 22.6. The average molecular weight is 455 g/mol. The minimum Gasteiger partial charge on any atom is -0.339 e. The smallest absolute Gasteiger partial charge is 0.339 e. The molecule has 1 saturated heterocycles. The van der Waals surface area contributed by atoms with Gasteiger partial charge in [0.25, 0.3) is 15.9 Å². The summed E-state index contributed by atoms with van der Waals surface area (Å²) in [5.74, 6) is -0.472. The first-order chi connectivity index (χ1) is 14.5. The molecule has 1 aliphatic rings. The van der Waals surface area contributed by atoms with Gasteiger partial charge < -0.3 is 9.80 Å². The second-order valence-corrected chi connectivity index (χ2v) is 8.69. The fraction of sp³-hybridized carbons (Fsp3) is 0.300. The number of hydrogen-bond donors (Lipinski definition) is 1. The van der Waals surface area contributed by atoms with Crippen LogP contribution in [0.1, 0.15) is 22.8 Å². The molecule has 11 heteroatoms. The van der Waals surface area contributed by atoms with Crippen molar-refractivity contribution in [3.05, 3.63) is 59.7 Å². The molecule has 7 nitrogen and oxygen atoms in total. The molecule has 0 unspecified atom stereocenters. The van der Waals surface area contributed by atoms with Gasteiger partial charge >= 0.3 is 6.18 Å². The molecule has 2 aromatic carbocycles. The first-order valence-corrected chi connectivity index (χ1v) is 10.8. The van der Waals surface area contributed by atoms with E-state index >= 15 is 0 Å². The third-order valence-corrected chi connectivity index (χ3v) is 6.22. The number of hydrogen-bond acceptors (Lipinski definition) is 4. The molecule has 0 bridgehead atoms. The number of carbonyl (C=O) groups is 2. The van der Waals surface area contributed by atoms with Gasteiger partial charge in [0.05, 0.1) is 10.5 Å². The van der Waals surface area contributed by atoms with E-state index in [0.29, 0.717) is 32.2 Å². The highest BCUT2D eigenvalue weighted by molar-refractivity contribution is 7.92. The lowest BCUT2D eigenvalue weighted by Gasteiger charge is -2.34. The van der Waals surface area contributed by atoms with E-state index in [9.17, 15) is 31.2 Å². The van der Waals surface area contributed by atoms with Gasteiger partial charge in [-0.15, -0.1) is 0 Å². The second kappa shape index (κ2) is 8.58.